The van der Waals surface area contributed by atoms with Gasteiger partial charge in [0.2, 0.25) is 0 Å². The maximum absolute atomic E-state index is 11.3. The van der Waals surface area contributed by atoms with Crippen molar-refractivity contribution in [2.24, 2.45) is 5.73 Å². The second-order valence-corrected chi connectivity index (χ2v) is 2.89. The first-order valence-electron chi connectivity index (χ1n) is 4.55. The minimum Gasteiger partial charge on any atom is -0.493 e. The van der Waals surface area contributed by atoms with Gasteiger partial charge >= 0.3 is 5.97 Å². The Morgan fingerprint density at radius 2 is 2.06 bits per heavy atom. The van der Waals surface area contributed by atoms with Crippen molar-refractivity contribution in [2.45, 2.75) is 0 Å². The highest BCUT2D eigenvalue weighted by Crippen LogP contribution is 2.25. The highest BCUT2D eigenvalue weighted by Gasteiger charge is 2.08. The van der Waals surface area contributed by atoms with E-state index in [1.807, 2.05) is 0 Å². The van der Waals surface area contributed by atoms with E-state index in [4.69, 9.17) is 20.6 Å². The molecule has 0 unspecified atom stereocenters. The monoisotopic (exact) mass is 223 g/mol. The highest BCUT2D eigenvalue weighted by atomic mass is 16.6. The van der Waals surface area contributed by atoms with Crippen LogP contribution in [0.5, 0.6) is 11.5 Å². The molecule has 1 aromatic rings. The lowest BCUT2D eigenvalue weighted by molar-refractivity contribution is -0.133. The van der Waals surface area contributed by atoms with Crippen molar-refractivity contribution in [3.8, 4) is 11.5 Å². The van der Waals surface area contributed by atoms with Crippen LogP contribution in [-0.4, -0.2) is 25.6 Å². The van der Waals surface area contributed by atoms with Crippen molar-refractivity contribution in [1.82, 2.24) is 5.32 Å². The molecule has 0 saturated carbocycles. The zero-order valence-electron chi connectivity index (χ0n) is 8.82. The molecule has 16 heavy (non-hydrogen) atoms. The van der Waals surface area contributed by atoms with Crippen molar-refractivity contribution in [3.63, 3.8) is 0 Å². The lowest BCUT2D eigenvalue weighted by Crippen LogP contribution is -2.36. The fraction of sp³-hybridized carbons (Fsp3) is 0.200. The third-order valence-electron chi connectivity index (χ3n) is 1.72. The molecule has 4 N–H and O–H groups in total. The van der Waals surface area contributed by atoms with Gasteiger partial charge in [0.1, 0.15) is 6.54 Å². The number of benzene rings is 1. The normalized spacial score (nSPS) is 9.31. The van der Waals surface area contributed by atoms with Crippen LogP contribution in [0, 0.1) is 5.41 Å². The Balaban J connectivity index is 2.58. The summed E-state index contributed by atoms with van der Waals surface area (Å²) in [6.45, 7) is -0.159. The van der Waals surface area contributed by atoms with Crippen molar-refractivity contribution >= 4 is 11.9 Å². The van der Waals surface area contributed by atoms with Crippen LogP contribution in [0.25, 0.3) is 0 Å². The molecule has 0 fully saturated rings. The smallest absolute Gasteiger partial charge is 0.330 e. The van der Waals surface area contributed by atoms with Gasteiger partial charge in [-0.3, -0.25) is 5.41 Å². The van der Waals surface area contributed by atoms with Gasteiger partial charge in [0.05, 0.1) is 7.11 Å². The van der Waals surface area contributed by atoms with Gasteiger partial charge in [-0.1, -0.05) is 12.1 Å². The zero-order chi connectivity index (χ0) is 12.0. The number of hydrogen-bond acceptors (Lipinski definition) is 4. The first kappa shape index (κ1) is 11.8. The lowest BCUT2D eigenvalue weighted by Gasteiger charge is -2.08. The SMILES string of the molecule is COc1ccccc1OC(=O)CNC(=N)N. The highest BCUT2D eigenvalue weighted by molar-refractivity contribution is 5.82. The van der Waals surface area contributed by atoms with Gasteiger partial charge in [0.25, 0.3) is 0 Å². The standard InChI is InChI=1S/C10H13N3O3/c1-15-7-4-2-3-5-8(7)16-9(14)6-13-10(11)12/h2-5H,6H2,1H3,(H4,11,12,13). The van der Waals surface area contributed by atoms with Crippen molar-refractivity contribution in [2.75, 3.05) is 13.7 Å². The largest absolute Gasteiger partial charge is 0.493 e. The molecule has 0 heterocycles. The van der Waals surface area contributed by atoms with Crippen LogP contribution < -0.4 is 20.5 Å². The fourth-order valence-corrected chi connectivity index (χ4v) is 1.03. The van der Waals surface area contributed by atoms with Gasteiger partial charge in [-0.25, -0.2) is 4.79 Å². The van der Waals surface area contributed by atoms with Crippen molar-refractivity contribution in [3.05, 3.63) is 24.3 Å². The predicted molar refractivity (Wildman–Crippen MR) is 58.5 cm³/mol. The van der Waals surface area contributed by atoms with Crippen LogP contribution in [0.2, 0.25) is 0 Å². The summed E-state index contributed by atoms with van der Waals surface area (Å²) in [6, 6.07) is 6.79. The van der Waals surface area contributed by atoms with Crippen LogP contribution >= 0.6 is 0 Å². The van der Waals surface area contributed by atoms with E-state index in [-0.39, 0.29) is 12.5 Å². The summed E-state index contributed by atoms with van der Waals surface area (Å²) in [5.41, 5.74) is 5.03. The summed E-state index contributed by atoms with van der Waals surface area (Å²) in [7, 11) is 1.49. The maximum atomic E-state index is 11.3. The quantitative estimate of drug-likeness (QED) is 0.291. The molecule has 0 amide bonds. The maximum Gasteiger partial charge on any atom is 0.330 e. The van der Waals surface area contributed by atoms with Gasteiger partial charge in [0, 0.05) is 0 Å². The van der Waals surface area contributed by atoms with Crippen LogP contribution in [0.4, 0.5) is 0 Å². The summed E-state index contributed by atoms with van der Waals surface area (Å²) >= 11 is 0. The van der Waals surface area contributed by atoms with Crippen molar-refractivity contribution < 1.29 is 14.3 Å². The Hall–Kier alpha value is -2.24. The molecule has 6 heteroatoms. The molecule has 86 valence electrons. The van der Waals surface area contributed by atoms with E-state index in [0.29, 0.717) is 11.5 Å². The molecule has 0 saturated heterocycles. The van der Waals surface area contributed by atoms with Gasteiger partial charge < -0.3 is 20.5 Å². The molecule has 0 radical (unpaired) electrons. The number of nitrogens with two attached hydrogens (primary N) is 1. The molecule has 0 atom stereocenters. The molecular formula is C10H13N3O3. The summed E-state index contributed by atoms with van der Waals surface area (Å²) in [5, 5.41) is 9.23. The molecule has 0 aliphatic carbocycles. The number of para-hydroxylation sites is 2. The second-order valence-electron chi connectivity index (χ2n) is 2.89. The molecule has 0 aliphatic rings. The molecule has 1 aromatic carbocycles. The topological polar surface area (TPSA) is 97.4 Å². The Morgan fingerprint density at radius 1 is 1.44 bits per heavy atom. The van der Waals surface area contributed by atoms with E-state index < -0.39 is 5.97 Å². The molecule has 0 aliphatic heterocycles. The van der Waals surface area contributed by atoms with Crippen molar-refractivity contribution in [1.29, 1.82) is 5.41 Å². The minimum atomic E-state index is -0.542. The van der Waals surface area contributed by atoms with Crippen LogP contribution in [0.15, 0.2) is 24.3 Å². The first-order chi connectivity index (χ1) is 7.63. The van der Waals surface area contributed by atoms with Crippen LogP contribution in [-0.2, 0) is 4.79 Å². The van der Waals surface area contributed by atoms with E-state index >= 15 is 0 Å². The average molecular weight is 223 g/mol. The summed E-state index contributed by atoms with van der Waals surface area (Å²) in [6.07, 6.45) is 0. The Bertz CT molecular complexity index is 393. The van der Waals surface area contributed by atoms with E-state index in [0.717, 1.165) is 0 Å². The molecule has 6 nitrogen and oxygen atoms in total. The van der Waals surface area contributed by atoms with Crippen LogP contribution in [0.1, 0.15) is 0 Å². The molecule has 0 aromatic heterocycles. The number of carbonyl (C=O) groups excluding carboxylic acids is 1. The van der Waals surface area contributed by atoms with E-state index in [2.05, 4.69) is 5.32 Å². The number of rotatable bonds is 4. The second kappa shape index (κ2) is 5.59. The summed E-state index contributed by atoms with van der Waals surface area (Å²) in [5.74, 6) is -0.0179. The molecular weight excluding hydrogens is 210 g/mol. The number of ether oxygens (including phenoxy) is 2. The number of esters is 1. The van der Waals surface area contributed by atoms with E-state index in [9.17, 15) is 4.79 Å². The molecule has 0 spiro atoms. The number of methoxy groups -OCH3 is 1. The average Bonchev–Trinajstić information content (AvgIpc) is 2.27. The first-order valence-corrected chi connectivity index (χ1v) is 4.55. The Morgan fingerprint density at radius 3 is 2.62 bits per heavy atom. The zero-order valence-corrected chi connectivity index (χ0v) is 8.82. The predicted octanol–water partition coefficient (Wildman–Crippen LogP) is 0.0837. The van der Waals surface area contributed by atoms with Gasteiger partial charge in [0.15, 0.2) is 17.5 Å². The van der Waals surface area contributed by atoms with Gasteiger partial charge in [-0.2, -0.15) is 0 Å². The van der Waals surface area contributed by atoms with Gasteiger partial charge in [-0.15, -0.1) is 0 Å². The van der Waals surface area contributed by atoms with E-state index in [1.54, 1.807) is 24.3 Å². The number of hydrogen-bond donors (Lipinski definition) is 3. The number of nitrogens with one attached hydrogen (secondary N) is 2. The Kier molecular flexibility index (Phi) is 4.14. The summed E-state index contributed by atoms with van der Waals surface area (Å²) < 4.78 is 10.0. The number of carbonyl (C=O) groups is 1. The lowest BCUT2D eigenvalue weighted by atomic mass is 10.3. The Labute approximate surface area is 92.9 Å². The number of guanidine groups is 1. The molecule has 0 bridgehead atoms. The van der Waals surface area contributed by atoms with Gasteiger partial charge in [-0.05, 0) is 12.1 Å². The van der Waals surface area contributed by atoms with Crippen LogP contribution in [0.3, 0.4) is 0 Å². The third-order valence-corrected chi connectivity index (χ3v) is 1.72. The molecule has 1 rings (SSSR count). The summed E-state index contributed by atoms with van der Waals surface area (Å²) in [4.78, 5) is 11.3. The van der Waals surface area contributed by atoms with E-state index in [1.165, 1.54) is 7.11 Å². The third kappa shape index (κ3) is 3.49. The fourth-order valence-electron chi connectivity index (χ4n) is 1.03. The minimum absolute atomic E-state index is 0.159.